The monoisotopic (exact) mass is 349 g/mol. The average molecular weight is 349 g/mol. The Balaban J connectivity index is 1.27. The van der Waals surface area contributed by atoms with E-state index >= 15 is 0 Å². The quantitative estimate of drug-likeness (QED) is 0.741. The summed E-state index contributed by atoms with van der Waals surface area (Å²) < 4.78 is 8.04. The summed E-state index contributed by atoms with van der Waals surface area (Å²) in [5.74, 6) is 2.99. The van der Waals surface area contributed by atoms with Gasteiger partial charge in [0, 0.05) is 37.9 Å². The Labute approximate surface area is 153 Å². The number of aryl methyl sites for hydroxylation is 2. The van der Waals surface area contributed by atoms with Crippen LogP contribution in [0.5, 0.6) is 5.75 Å². The van der Waals surface area contributed by atoms with Gasteiger partial charge in [0.25, 0.3) is 0 Å². The zero-order valence-corrected chi connectivity index (χ0v) is 14.9. The minimum atomic E-state index is 0.458. The van der Waals surface area contributed by atoms with Crippen molar-refractivity contribution in [1.29, 1.82) is 0 Å². The highest BCUT2D eigenvalue weighted by molar-refractivity contribution is 5.27. The number of benzene rings is 1. The minimum absolute atomic E-state index is 0.458. The van der Waals surface area contributed by atoms with Gasteiger partial charge >= 0.3 is 0 Å². The van der Waals surface area contributed by atoms with Crippen LogP contribution in [-0.4, -0.2) is 25.8 Å². The van der Waals surface area contributed by atoms with Gasteiger partial charge in [-0.3, -0.25) is 4.98 Å². The third-order valence-corrected chi connectivity index (χ3v) is 4.80. The van der Waals surface area contributed by atoms with Crippen LogP contribution >= 0.6 is 0 Å². The molecule has 1 N–H and O–H groups in total. The van der Waals surface area contributed by atoms with Crippen molar-refractivity contribution in [2.45, 2.75) is 45.5 Å². The molecule has 1 aliphatic rings. The fraction of sp³-hybridized carbons (Fsp3) is 0.350. The molecule has 4 rings (SSSR count). The van der Waals surface area contributed by atoms with E-state index in [0.29, 0.717) is 12.6 Å². The lowest BCUT2D eigenvalue weighted by atomic mass is 10.1. The van der Waals surface area contributed by atoms with Crippen LogP contribution in [0.3, 0.4) is 0 Å². The molecular weight excluding hydrogens is 326 g/mol. The van der Waals surface area contributed by atoms with Crippen LogP contribution in [0.4, 0.5) is 0 Å². The van der Waals surface area contributed by atoms with Crippen LogP contribution in [0, 0.1) is 6.92 Å². The Bertz CT molecular complexity index is 844. The van der Waals surface area contributed by atoms with Crippen LogP contribution in [0.2, 0.25) is 0 Å². The van der Waals surface area contributed by atoms with Crippen molar-refractivity contribution in [3.63, 3.8) is 0 Å². The van der Waals surface area contributed by atoms with Crippen molar-refractivity contribution < 1.29 is 4.74 Å². The normalized spacial score (nSPS) is 16.3. The van der Waals surface area contributed by atoms with Crippen LogP contribution < -0.4 is 10.1 Å². The Hall–Kier alpha value is -2.73. The molecule has 2 aromatic heterocycles. The van der Waals surface area contributed by atoms with Gasteiger partial charge in [-0.25, -0.2) is 0 Å². The second-order valence-electron chi connectivity index (χ2n) is 6.68. The van der Waals surface area contributed by atoms with E-state index in [1.165, 1.54) is 5.56 Å². The van der Waals surface area contributed by atoms with Crippen LogP contribution in [-0.2, 0) is 26.1 Å². The maximum Gasteiger partial charge on any atom is 0.133 e. The molecule has 0 saturated heterocycles. The summed E-state index contributed by atoms with van der Waals surface area (Å²) in [7, 11) is 0. The van der Waals surface area contributed by atoms with Crippen molar-refractivity contribution in [3.8, 4) is 5.75 Å². The van der Waals surface area contributed by atoms with Crippen LogP contribution in [0.1, 0.15) is 29.2 Å². The van der Waals surface area contributed by atoms with E-state index in [0.717, 1.165) is 48.9 Å². The lowest BCUT2D eigenvalue weighted by molar-refractivity contribution is 0.306. The summed E-state index contributed by atoms with van der Waals surface area (Å²) >= 11 is 0. The zero-order valence-electron chi connectivity index (χ0n) is 14.9. The van der Waals surface area contributed by atoms with Gasteiger partial charge in [0.2, 0.25) is 0 Å². The van der Waals surface area contributed by atoms with Crippen molar-refractivity contribution in [2.75, 3.05) is 0 Å². The number of rotatable bonds is 6. The van der Waals surface area contributed by atoms with Gasteiger partial charge in [-0.2, -0.15) is 0 Å². The van der Waals surface area contributed by atoms with Crippen molar-refractivity contribution in [2.24, 2.45) is 0 Å². The van der Waals surface area contributed by atoms with E-state index in [1.54, 1.807) is 12.4 Å². The molecule has 0 amide bonds. The van der Waals surface area contributed by atoms with E-state index in [4.69, 9.17) is 4.74 Å². The average Bonchev–Trinajstić information content (AvgIpc) is 3.07. The first kappa shape index (κ1) is 16.7. The number of nitrogens with zero attached hydrogens (tertiary/aromatic N) is 4. The number of fused-ring (bicyclic) bond motifs is 1. The molecule has 0 spiro atoms. The van der Waals surface area contributed by atoms with Gasteiger partial charge in [-0.1, -0.05) is 12.1 Å². The first-order valence-electron chi connectivity index (χ1n) is 9.00. The fourth-order valence-corrected chi connectivity index (χ4v) is 3.24. The SMILES string of the molecule is Cc1nnc2n1C[C@H](NCc1ccc(OCc3ccncc3)cc1)CC2. The predicted octanol–water partition coefficient (Wildman–Crippen LogP) is 2.67. The second-order valence-corrected chi connectivity index (χ2v) is 6.68. The third kappa shape index (κ3) is 3.91. The topological polar surface area (TPSA) is 64.9 Å². The van der Waals surface area contributed by atoms with Gasteiger partial charge in [0.15, 0.2) is 0 Å². The molecule has 0 bridgehead atoms. The van der Waals surface area contributed by atoms with E-state index in [2.05, 4.69) is 37.2 Å². The van der Waals surface area contributed by atoms with Gasteiger partial charge in [0.1, 0.15) is 24.0 Å². The van der Waals surface area contributed by atoms with Gasteiger partial charge in [-0.15, -0.1) is 10.2 Å². The standard InChI is InChI=1S/C20H23N5O/c1-15-23-24-20-7-4-18(13-25(15)20)22-12-16-2-5-19(6-3-16)26-14-17-8-10-21-11-9-17/h2-3,5-6,8-11,18,22H,4,7,12-14H2,1H3/t18-/m1/s1. The summed E-state index contributed by atoms with van der Waals surface area (Å²) in [6, 6.07) is 12.7. The fourth-order valence-electron chi connectivity index (χ4n) is 3.24. The number of hydrogen-bond acceptors (Lipinski definition) is 5. The summed E-state index contributed by atoms with van der Waals surface area (Å²) in [4.78, 5) is 4.01. The smallest absolute Gasteiger partial charge is 0.133 e. The number of nitrogens with one attached hydrogen (secondary N) is 1. The highest BCUT2D eigenvalue weighted by atomic mass is 16.5. The Morgan fingerprint density at radius 2 is 1.88 bits per heavy atom. The lowest BCUT2D eigenvalue weighted by Gasteiger charge is -2.25. The molecule has 0 fully saturated rings. The molecule has 26 heavy (non-hydrogen) atoms. The molecule has 6 heteroatoms. The number of hydrogen-bond donors (Lipinski definition) is 1. The van der Waals surface area contributed by atoms with Crippen molar-refractivity contribution in [3.05, 3.63) is 71.6 Å². The van der Waals surface area contributed by atoms with E-state index < -0.39 is 0 Å². The molecule has 0 unspecified atom stereocenters. The van der Waals surface area contributed by atoms with E-state index in [9.17, 15) is 0 Å². The molecule has 1 atom stereocenters. The molecule has 0 radical (unpaired) electrons. The molecule has 1 aromatic carbocycles. The number of aromatic nitrogens is 4. The molecule has 0 saturated carbocycles. The molecular formula is C20H23N5O. The lowest BCUT2D eigenvalue weighted by Crippen LogP contribution is -2.37. The Kier molecular flexibility index (Phi) is 4.93. The Morgan fingerprint density at radius 1 is 1.08 bits per heavy atom. The van der Waals surface area contributed by atoms with Gasteiger partial charge < -0.3 is 14.6 Å². The first-order valence-corrected chi connectivity index (χ1v) is 9.00. The molecule has 134 valence electrons. The van der Waals surface area contributed by atoms with Crippen molar-refractivity contribution >= 4 is 0 Å². The molecule has 3 aromatic rings. The Morgan fingerprint density at radius 3 is 2.69 bits per heavy atom. The molecule has 6 nitrogen and oxygen atoms in total. The molecule has 0 aliphatic carbocycles. The third-order valence-electron chi connectivity index (χ3n) is 4.80. The second kappa shape index (κ2) is 7.66. The summed E-state index contributed by atoms with van der Waals surface area (Å²) in [5.41, 5.74) is 2.37. The minimum Gasteiger partial charge on any atom is -0.489 e. The highest BCUT2D eigenvalue weighted by Crippen LogP contribution is 2.17. The largest absolute Gasteiger partial charge is 0.489 e. The van der Waals surface area contributed by atoms with E-state index in [1.807, 2.05) is 31.2 Å². The molecule has 1 aliphatic heterocycles. The first-order chi connectivity index (χ1) is 12.8. The van der Waals surface area contributed by atoms with Crippen LogP contribution in [0.15, 0.2) is 48.8 Å². The highest BCUT2D eigenvalue weighted by Gasteiger charge is 2.20. The molecule has 3 heterocycles. The summed E-state index contributed by atoms with van der Waals surface area (Å²) in [6.07, 6.45) is 5.65. The zero-order chi connectivity index (χ0) is 17.8. The number of ether oxygens (including phenoxy) is 1. The predicted molar refractivity (Wildman–Crippen MR) is 98.7 cm³/mol. The van der Waals surface area contributed by atoms with Crippen LogP contribution in [0.25, 0.3) is 0 Å². The summed E-state index contributed by atoms with van der Waals surface area (Å²) in [6.45, 7) is 4.37. The van der Waals surface area contributed by atoms with Crippen molar-refractivity contribution in [1.82, 2.24) is 25.1 Å². The van der Waals surface area contributed by atoms with Gasteiger partial charge in [-0.05, 0) is 48.7 Å². The van der Waals surface area contributed by atoms with Gasteiger partial charge in [0.05, 0.1) is 0 Å². The van der Waals surface area contributed by atoms with E-state index in [-0.39, 0.29) is 0 Å². The maximum absolute atomic E-state index is 5.82. The summed E-state index contributed by atoms with van der Waals surface area (Å²) in [5, 5.41) is 12.0. The maximum atomic E-state index is 5.82. The number of pyridine rings is 1.